The van der Waals surface area contributed by atoms with E-state index >= 15 is 0 Å². The van der Waals surface area contributed by atoms with Crippen molar-refractivity contribution >= 4 is 22.9 Å². The van der Waals surface area contributed by atoms with Crippen LogP contribution in [0.1, 0.15) is 23.9 Å². The van der Waals surface area contributed by atoms with Crippen LogP contribution in [0.15, 0.2) is 35.8 Å². The van der Waals surface area contributed by atoms with Gasteiger partial charge in [0.25, 0.3) is 0 Å². The molecule has 1 aromatic heterocycles. The van der Waals surface area contributed by atoms with E-state index in [0.717, 1.165) is 22.9 Å². The van der Waals surface area contributed by atoms with Crippen molar-refractivity contribution in [2.24, 2.45) is 0 Å². The molecule has 1 amide bonds. The van der Waals surface area contributed by atoms with E-state index in [-0.39, 0.29) is 11.9 Å². The third-order valence-corrected chi connectivity index (χ3v) is 4.18. The Morgan fingerprint density at radius 3 is 2.79 bits per heavy atom. The van der Waals surface area contributed by atoms with Crippen LogP contribution in [0.25, 0.3) is 0 Å². The van der Waals surface area contributed by atoms with Crippen LogP contribution in [0.3, 0.4) is 0 Å². The number of amides is 1. The maximum Gasteiger partial charge on any atom is 0.227 e. The number of aromatic nitrogens is 1. The molecule has 2 heterocycles. The lowest BCUT2D eigenvalue weighted by molar-refractivity contribution is -0.117. The summed E-state index contributed by atoms with van der Waals surface area (Å²) in [6, 6.07) is 7.66. The van der Waals surface area contributed by atoms with Gasteiger partial charge in [-0.15, -0.1) is 11.3 Å². The van der Waals surface area contributed by atoms with Gasteiger partial charge in [0.1, 0.15) is 10.8 Å². The fourth-order valence-electron chi connectivity index (χ4n) is 2.38. The van der Waals surface area contributed by atoms with Crippen molar-refractivity contribution in [3.63, 3.8) is 0 Å². The smallest absolute Gasteiger partial charge is 0.227 e. The molecule has 1 fully saturated rings. The van der Waals surface area contributed by atoms with Crippen LogP contribution in [0, 0.1) is 0 Å². The maximum atomic E-state index is 12.1. The average Bonchev–Trinajstić information content (AvgIpc) is 3.08. The first-order valence-corrected chi connectivity index (χ1v) is 7.03. The summed E-state index contributed by atoms with van der Waals surface area (Å²) < 4.78 is 5.14. The number of thiazole rings is 1. The molecule has 3 rings (SSSR count). The van der Waals surface area contributed by atoms with Crippen molar-refractivity contribution in [3.8, 4) is 5.75 Å². The Hall–Kier alpha value is -1.88. The van der Waals surface area contributed by atoms with Gasteiger partial charge in [-0.1, -0.05) is 0 Å². The maximum absolute atomic E-state index is 12.1. The monoisotopic (exact) mass is 274 g/mol. The number of nitrogens with zero attached hydrogens (tertiary/aromatic N) is 2. The lowest BCUT2D eigenvalue weighted by Gasteiger charge is -2.23. The molecule has 2 aromatic rings. The molecule has 1 aromatic carbocycles. The fraction of sp³-hybridized carbons (Fsp3) is 0.286. The zero-order valence-corrected chi connectivity index (χ0v) is 11.4. The Kier molecular flexibility index (Phi) is 3.21. The summed E-state index contributed by atoms with van der Waals surface area (Å²) >= 11 is 1.60. The van der Waals surface area contributed by atoms with Gasteiger partial charge in [0, 0.05) is 23.7 Å². The molecule has 1 atom stereocenters. The summed E-state index contributed by atoms with van der Waals surface area (Å²) in [7, 11) is 1.63. The minimum Gasteiger partial charge on any atom is -0.497 e. The number of hydrogen-bond acceptors (Lipinski definition) is 4. The molecule has 98 valence electrons. The van der Waals surface area contributed by atoms with Crippen molar-refractivity contribution in [3.05, 3.63) is 40.8 Å². The fourth-order valence-corrected chi connectivity index (χ4v) is 3.15. The normalized spacial score (nSPS) is 18.9. The number of benzene rings is 1. The van der Waals surface area contributed by atoms with E-state index in [1.165, 1.54) is 0 Å². The molecule has 1 saturated heterocycles. The number of carbonyl (C=O) groups is 1. The Labute approximate surface area is 115 Å². The predicted octanol–water partition coefficient (Wildman–Crippen LogP) is 3.02. The Bertz CT molecular complexity index is 566. The second kappa shape index (κ2) is 5.01. The van der Waals surface area contributed by atoms with Gasteiger partial charge in [0.05, 0.1) is 13.2 Å². The first kappa shape index (κ1) is 12.2. The molecule has 1 unspecified atom stereocenters. The first-order chi connectivity index (χ1) is 9.29. The molecule has 0 spiro atoms. The third kappa shape index (κ3) is 2.21. The van der Waals surface area contributed by atoms with Crippen LogP contribution in [-0.2, 0) is 4.79 Å². The standard InChI is InChI=1S/C14H14N2O2S/c1-18-11-4-2-10(3-5-11)16-12(6-7-13(16)17)14-15-8-9-19-14/h2-5,8-9,12H,6-7H2,1H3. The highest BCUT2D eigenvalue weighted by molar-refractivity contribution is 7.09. The molecule has 4 nitrogen and oxygen atoms in total. The summed E-state index contributed by atoms with van der Waals surface area (Å²) in [4.78, 5) is 18.3. The number of rotatable bonds is 3. The highest BCUT2D eigenvalue weighted by Crippen LogP contribution is 2.38. The van der Waals surface area contributed by atoms with E-state index in [1.54, 1.807) is 24.6 Å². The van der Waals surface area contributed by atoms with Crippen molar-refractivity contribution in [1.82, 2.24) is 4.98 Å². The van der Waals surface area contributed by atoms with Crippen LogP contribution < -0.4 is 9.64 Å². The molecule has 1 aliphatic rings. The summed E-state index contributed by atoms with van der Waals surface area (Å²) in [6.45, 7) is 0. The third-order valence-electron chi connectivity index (χ3n) is 3.30. The zero-order valence-electron chi connectivity index (χ0n) is 10.6. The van der Waals surface area contributed by atoms with Crippen LogP contribution in [0.5, 0.6) is 5.75 Å². The minimum atomic E-state index is 0.0703. The molecular weight excluding hydrogens is 260 g/mol. The van der Waals surface area contributed by atoms with Gasteiger partial charge in [0.15, 0.2) is 0 Å². The predicted molar refractivity (Wildman–Crippen MR) is 74.6 cm³/mol. The van der Waals surface area contributed by atoms with E-state index in [2.05, 4.69) is 4.98 Å². The zero-order chi connectivity index (χ0) is 13.2. The largest absolute Gasteiger partial charge is 0.497 e. The number of ether oxygens (including phenoxy) is 1. The van der Waals surface area contributed by atoms with E-state index in [4.69, 9.17) is 4.74 Å². The second-order valence-electron chi connectivity index (χ2n) is 4.39. The van der Waals surface area contributed by atoms with Gasteiger partial charge in [-0.25, -0.2) is 4.98 Å². The number of anilines is 1. The SMILES string of the molecule is COc1ccc(N2C(=O)CCC2c2nccs2)cc1. The highest BCUT2D eigenvalue weighted by atomic mass is 32.1. The molecule has 0 bridgehead atoms. The molecule has 0 aliphatic carbocycles. The van der Waals surface area contributed by atoms with Crippen molar-refractivity contribution in [2.45, 2.75) is 18.9 Å². The molecular formula is C14H14N2O2S. The quantitative estimate of drug-likeness (QED) is 0.864. The summed E-state index contributed by atoms with van der Waals surface area (Å²) in [6.07, 6.45) is 3.20. The van der Waals surface area contributed by atoms with Crippen LogP contribution in [-0.4, -0.2) is 18.0 Å². The molecule has 0 saturated carbocycles. The average molecular weight is 274 g/mol. The lowest BCUT2D eigenvalue weighted by Crippen LogP contribution is -2.27. The first-order valence-electron chi connectivity index (χ1n) is 6.15. The van der Waals surface area contributed by atoms with Crippen molar-refractivity contribution in [1.29, 1.82) is 0 Å². The van der Waals surface area contributed by atoms with Crippen LogP contribution >= 0.6 is 11.3 Å². The number of hydrogen-bond donors (Lipinski definition) is 0. The van der Waals surface area contributed by atoms with Crippen molar-refractivity contribution < 1.29 is 9.53 Å². The molecule has 19 heavy (non-hydrogen) atoms. The molecule has 0 N–H and O–H groups in total. The highest BCUT2D eigenvalue weighted by Gasteiger charge is 2.34. The van der Waals surface area contributed by atoms with Gasteiger partial charge in [-0.3, -0.25) is 4.79 Å². The van der Waals surface area contributed by atoms with Gasteiger partial charge >= 0.3 is 0 Å². The van der Waals surface area contributed by atoms with Crippen LogP contribution in [0.4, 0.5) is 5.69 Å². The molecule has 0 radical (unpaired) electrons. The Morgan fingerprint density at radius 2 is 2.16 bits per heavy atom. The van der Waals surface area contributed by atoms with E-state index in [9.17, 15) is 4.79 Å². The van der Waals surface area contributed by atoms with E-state index < -0.39 is 0 Å². The van der Waals surface area contributed by atoms with Crippen molar-refractivity contribution in [2.75, 3.05) is 12.0 Å². The summed E-state index contributed by atoms with van der Waals surface area (Å²) in [5.74, 6) is 0.951. The summed E-state index contributed by atoms with van der Waals surface area (Å²) in [5.41, 5.74) is 0.906. The number of carbonyl (C=O) groups excluding carboxylic acids is 1. The van der Waals surface area contributed by atoms with Gasteiger partial charge in [0.2, 0.25) is 5.91 Å². The number of methoxy groups -OCH3 is 1. The molecule has 1 aliphatic heterocycles. The molecule has 5 heteroatoms. The summed E-state index contributed by atoms with van der Waals surface area (Å²) in [5, 5.41) is 2.95. The van der Waals surface area contributed by atoms with Gasteiger partial charge < -0.3 is 9.64 Å². The lowest BCUT2D eigenvalue weighted by atomic mass is 10.2. The topological polar surface area (TPSA) is 42.4 Å². The Balaban J connectivity index is 1.93. The van der Waals surface area contributed by atoms with Gasteiger partial charge in [-0.05, 0) is 30.7 Å². The Morgan fingerprint density at radius 1 is 1.37 bits per heavy atom. The minimum absolute atomic E-state index is 0.0703. The van der Waals surface area contributed by atoms with E-state index in [1.807, 2.05) is 34.5 Å². The van der Waals surface area contributed by atoms with E-state index in [0.29, 0.717) is 6.42 Å². The second-order valence-corrected chi connectivity index (χ2v) is 5.31. The van der Waals surface area contributed by atoms with Gasteiger partial charge in [-0.2, -0.15) is 0 Å². The van der Waals surface area contributed by atoms with Crippen LogP contribution in [0.2, 0.25) is 0 Å².